The predicted octanol–water partition coefficient (Wildman–Crippen LogP) is 3.35. The van der Waals surface area contributed by atoms with Gasteiger partial charge in [-0.25, -0.2) is 0 Å². The van der Waals surface area contributed by atoms with Crippen molar-refractivity contribution in [3.63, 3.8) is 0 Å². The van der Waals surface area contributed by atoms with Gasteiger partial charge in [0.25, 0.3) is 0 Å². The maximum atomic E-state index is 11.8. The van der Waals surface area contributed by atoms with Crippen LogP contribution in [0.1, 0.15) is 36.7 Å². The fourth-order valence-electron chi connectivity index (χ4n) is 1.35. The van der Waals surface area contributed by atoms with Crippen molar-refractivity contribution in [2.24, 2.45) is 0 Å². The van der Waals surface area contributed by atoms with Gasteiger partial charge in [-0.15, -0.1) is 0 Å². The molecule has 0 aliphatic rings. The van der Waals surface area contributed by atoms with Crippen LogP contribution in [0, 0.1) is 6.92 Å². The van der Waals surface area contributed by atoms with Crippen molar-refractivity contribution >= 4 is 0 Å². The fraction of sp³-hybridized carbons (Fsp3) is 0.600. The van der Waals surface area contributed by atoms with Crippen molar-refractivity contribution in [1.29, 1.82) is 0 Å². The minimum atomic E-state index is -4.15. The van der Waals surface area contributed by atoms with E-state index < -0.39 is 18.7 Å². The smallest absolute Gasteiger partial charge is 0.389 e. The zero-order chi connectivity index (χ0) is 11.5. The predicted molar refractivity (Wildman–Crippen MR) is 48.3 cm³/mol. The number of alkyl halides is 3. The summed E-state index contributed by atoms with van der Waals surface area (Å²) in [6, 6.07) is 1.67. The van der Waals surface area contributed by atoms with Crippen molar-refractivity contribution in [2.75, 3.05) is 0 Å². The van der Waals surface area contributed by atoms with E-state index in [0.29, 0.717) is 5.76 Å². The third-order valence-electron chi connectivity index (χ3n) is 2.14. The normalized spacial score (nSPS) is 14.2. The van der Waals surface area contributed by atoms with Gasteiger partial charge in [0.05, 0.1) is 6.26 Å². The van der Waals surface area contributed by atoms with Crippen LogP contribution in [-0.4, -0.2) is 11.3 Å². The lowest BCUT2D eigenvalue weighted by Crippen LogP contribution is -2.08. The third kappa shape index (κ3) is 3.95. The molecule has 15 heavy (non-hydrogen) atoms. The molecule has 0 aliphatic heterocycles. The Morgan fingerprint density at radius 2 is 2.13 bits per heavy atom. The van der Waals surface area contributed by atoms with E-state index in [4.69, 9.17) is 4.42 Å². The molecule has 0 saturated heterocycles. The van der Waals surface area contributed by atoms with Crippen molar-refractivity contribution in [2.45, 2.75) is 38.5 Å². The van der Waals surface area contributed by atoms with E-state index in [9.17, 15) is 18.3 Å². The monoisotopic (exact) mass is 222 g/mol. The first-order chi connectivity index (χ1) is 6.90. The summed E-state index contributed by atoms with van der Waals surface area (Å²) in [6.07, 6.45) is -4.58. The Morgan fingerprint density at radius 1 is 1.47 bits per heavy atom. The molecule has 86 valence electrons. The Bertz CT molecular complexity index is 304. The Morgan fingerprint density at radius 3 is 2.60 bits per heavy atom. The summed E-state index contributed by atoms with van der Waals surface area (Å²) in [5, 5.41) is 9.53. The minimum Gasteiger partial charge on any atom is -0.466 e. The van der Waals surface area contributed by atoms with E-state index in [1.807, 2.05) is 0 Å². The molecule has 0 radical (unpaired) electrons. The van der Waals surface area contributed by atoms with Crippen LogP contribution in [-0.2, 0) is 0 Å². The first kappa shape index (κ1) is 12.1. The van der Waals surface area contributed by atoms with Crippen LogP contribution >= 0.6 is 0 Å². The fourth-order valence-corrected chi connectivity index (χ4v) is 1.35. The van der Waals surface area contributed by atoms with Crippen LogP contribution in [0.5, 0.6) is 0 Å². The zero-order valence-electron chi connectivity index (χ0n) is 8.34. The molecule has 1 N–H and O–H groups in total. The number of furan rings is 1. The molecule has 0 amide bonds. The summed E-state index contributed by atoms with van der Waals surface area (Å²) in [5.41, 5.74) is 0.759. The molecule has 1 rings (SSSR count). The molecular formula is C10H13F3O2. The van der Waals surface area contributed by atoms with Crippen LogP contribution in [0.3, 0.4) is 0 Å². The lowest BCUT2D eigenvalue weighted by molar-refractivity contribution is -0.136. The van der Waals surface area contributed by atoms with Crippen LogP contribution in [0.25, 0.3) is 0 Å². The van der Waals surface area contributed by atoms with E-state index in [1.54, 1.807) is 13.0 Å². The van der Waals surface area contributed by atoms with Crippen LogP contribution in [0.2, 0.25) is 0 Å². The van der Waals surface area contributed by atoms with Gasteiger partial charge in [0.15, 0.2) is 0 Å². The number of hydrogen-bond donors (Lipinski definition) is 1. The number of aliphatic hydroxyl groups excluding tert-OH is 1. The van der Waals surface area contributed by atoms with Gasteiger partial charge >= 0.3 is 6.18 Å². The standard InChI is InChI=1S/C10H13F3O2/c1-7-4-6-15-9(7)8(14)3-2-5-10(11,12)13/h4,6,8,14H,2-3,5H2,1H3. The largest absolute Gasteiger partial charge is 0.466 e. The van der Waals surface area contributed by atoms with Crippen LogP contribution in [0.15, 0.2) is 16.7 Å². The van der Waals surface area contributed by atoms with E-state index in [1.165, 1.54) is 6.26 Å². The first-order valence-electron chi connectivity index (χ1n) is 4.69. The minimum absolute atomic E-state index is 0.0634. The van der Waals surface area contributed by atoms with E-state index in [0.717, 1.165) is 5.56 Å². The van der Waals surface area contributed by atoms with Gasteiger partial charge in [-0.1, -0.05) is 0 Å². The molecule has 0 fully saturated rings. The Labute approximate surface area is 85.7 Å². The molecule has 0 bridgehead atoms. The maximum Gasteiger partial charge on any atom is 0.389 e. The lowest BCUT2D eigenvalue weighted by Gasteiger charge is -2.10. The number of rotatable bonds is 4. The summed E-state index contributed by atoms with van der Waals surface area (Å²) >= 11 is 0. The highest BCUT2D eigenvalue weighted by Gasteiger charge is 2.27. The Balaban J connectivity index is 2.37. The van der Waals surface area contributed by atoms with Gasteiger partial charge in [0.2, 0.25) is 0 Å². The van der Waals surface area contributed by atoms with Gasteiger partial charge in [-0.3, -0.25) is 0 Å². The molecule has 5 heteroatoms. The molecule has 2 nitrogen and oxygen atoms in total. The van der Waals surface area contributed by atoms with Crippen LogP contribution < -0.4 is 0 Å². The summed E-state index contributed by atoms with van der Waals surface area (Å²) < 4.78 is 40.4. The second-order valence-corrected chi connectivity index (χ2v) is 3.49. The van der Waals surface area contributed by atoms with Gasteiger partial charge in [-0.05, 0) is 31.4 Å². The molecule has 1 heterocycles. The second-order valence-electron chi connectivity index (χ2n) is 3.49. The highest BCUT2D eigenvalue weighted by molar-refractivity contribution is 5.16. The van der Waals surface area contributed by atoms with E-state index in [2.05, 4.69) is 0 Å². The second kappa shape index (κ2) is 4.70. The van der Waals surface area contributed by atoms with E-state index in [-0.39, 0.29) is 12.8 Å². The van der Waals surface area contributed by atoms with Gasteiger partial charge in [0.1, 0.15) is 11.9 Å². The number of aliphatic hydroxyl groups is 1. The van der Waals surface area contributed by atoms with Crippen molar-refractivity contribution in [1.82, 2.24) is 0 Å². The molecule has 0 spiro atoms. The number of hydrogen-bond acceptors (Lipinski definition) is 2. The molecule has 1 aromatic heterocycles. The number of halogens is 3. The van der Waals surface area contributed by atoms with Crippen molar-refractivity contribution in [3.8, 4) is 0 Å². The Kier molecular flexibility index (Phi) is 3.79. The molecule has 0 aromatic carbocycles. The maximum absolute atomic E-state index is 11.8. The molecule has 1 unspecified atom stereocenters. The number of aryl methyl sites for hydroxylation is 1. The van der Waals surface area contributed by atoms with Crippen molar-refractivity contribution < 1.29 is 22.7 Å². The quantitative estimate of drug-likeness (QED) is 0.847. The summed E-state index contributed by atoms with van der Waals surface area (Å²) in [7, 11) is 0. The van der Waals surface area contributed by atoms with Gasteiger partial charge < -0.3 is 9.52 Å². The average Bonchev–Trinajstić information content (AvgIpc) is 2.48. The third-order valence-corrected chi connectivity index (χ3v) is 2.14. The SMILES string of the molecule is Cc1ccoc1C(O)CCCC(F)(F)F. The van der Waals surface area contributed by atoms with Gasteiger partial charge in [-0.2, -0.15) is 13.2 Å². The molecule has 1 atom stereocenters. The van der Waals surface area contributed by atoms with E-state index >= 15 is 0 Å². The topological polar surface area (TPSA) is 33.4 Å². The summed E-state index contributed by atoms with van der Waals surface area (Å²) in [6.45, 7) is 1.74. The summed E-state index contributed by atoms with van der Waals surface area (Å²) in [4.78, 5) is 0. The highest BCUT2D eigenvalue weighted by Crippen LogP contribution is 2.27. The lowest BCUT2D eigenvalue weighted by atomic mass is 10.1. The van der Waals surface area contributed by atoms with Crippen molar-refractivity contribution in [3.05, 3.63) is 23.7 Å². The van der Waals surface area contributed by atoms with Gasteiger partial charge in [0, 0.05) is 6.42 Å². The molecule has 0 aliphatic carbocycles. The first-order valence-corrected chi connectivity index (χ1v) is 4.69. The molecular weight excluding hydrogens is 209 g/mol. The molecule has 1 aromatic rings. The summed E-state index contributed by atoms with van der Waals surface area (Å²) in [5.74, 6) is 0.358. The van der Waals surface area contributed by atoms with Crippen LogP contribution in [0.4, 0.5) is 13.2 Å². The molecule has 0 saturated carbocycles. The average molecular weight is 222 g/mol. The highest BCUT2D eigenvalue weighted by atomic mass is 19.4. The zero-order valence-corrected chi connectivity index (χ0v) is 8.34. The Hall–Kier alpha value is -0.970.